The number of hydrogen-bond acceptors (Lipinski definition) is 3. The number of aliphatic carboxylic acids is 1. The van der Waals surface area contributed by atoms with Crippen LogP contribution in [0.4, 0.5) is 0 Å². The van der Waals surface area contributed by atoms with Gasteiger partial charge in [0.25, 0.3) is 0 Å². The second-order valence-electron chi connectivity index (χ2n) is 6.60. The summed E-state index contributed by atoms with van der Waals surface area (Å²) in [7, 11) is 2.06. The van der Waals surface area contributed by atoms with E-state index in [4.69, 9.17) is 0 Å². The Kier molecular flexibility index (Phi) is 7.15. The lowest BCUT2D eigenvalue weighted by Gasteiger charge is -2.32. The average Bonchev–Trinajstić information content (AvgIpc) is 2.44. The molecule has 2 N–H and O–H groups in total. The lowest BCUT2D eigenvalue weighted by atomic mass is 9.71. The number of nitrogens with one attached hydrogen (secondary N) is 1. The topological polar surface area (TPSA) is 69.6 Å². The highest BCUT2D eigenvalue weighted by atomic mass is 16.4. The van der Waals surface area contributed by atoms with Gasteiger partial charge in [-0.1, -0.05) is 19.3 Å². The van der Waals surface area contributed by atoms with Crippen LogP contribution in [0.15, 0.2) is 0 Å². The summed E-state index contributed by atoms with van der Waals surface area (Å²) in [4.78, 5) is 25.8. The van der Waals surface area contributed by atoms with Gasteiger partial charge >= 0.3 is 5.97 Å². The largest absolute Gasteiger partial charge is 0.481 e. The van der Waals surface area contributed by atoms with Gasteiger partial charge in [-0.2, -0.15) is 0 Å². The fourth-order valence-corrected chi connectivity index (χ4v) is 2.88. The zero-order chi connectivity index (χ0) is 15.9. The Morgan fingerprint density at radius 3 is 2.38 bits per heavy atom. The molecule has 122 valence electrons. The quantitative estimate of drug-likeness (QED) is 0.674. The first kappa shape index (κ1) is 18.0. The van der Waals surface area contributed by atoms with E-state index in [1.165, 1.54) is 0 Å². The molecule has 21 heavy (non-hydrogen) atoms. The van der Waals surface area contributed by atoms with Crippen LogP contribution in [0.5, 0.6) is 0 Å². The molecule has 1 amide bonds. The first-order chi connectivity index (χ1) is 9.87. The van der Waals surface area contributed by atoms with E-state index in [1.54, 1.807) is 0 Å². The minimum Gasteiger partial charge on any atom is -0.481 e. The van der Waals surface area contributed by atoms with Crippen LogP contribution in [-0.4, -0.2) is 48.1 Å². The van der Waals surface area contributed by atoms with Crippen LogP contribution in [0.2, 0.25) is 0 Å². The molecule has 5 nitrogen and oxygen atoms in total. The van der Waals surface area contributed by atoms with Crippen molar-refractivity contribution in [1.82, 2.24) is 10.2 Å². The third-order valence-corrected chi connectivity index (χ3v) is 4.65. The molecule has 0 atom stereocenters. The third kappa shape index (κ3) is 5.65. The molecule has 0 aliphatic heterocycles. The van der Waals surface area contributed by atoms with Gasteiger partial charge in [0.2, 0.25) is 5.91 Å². The monoisotopic (exact) mass is 298 g/mol. The molecule has 0 saturated heterocycles. The van der Waals surface area contributed by atoms with Crippen LogP contribution < -0.4 is 5.32 Å². The Bertz CT molecular complexity index is 349. The molecule has 0 aromatic rings. The van der Waals surface area contributed by atoms with Gasteiger partial charge in [-0.3, -0.25) is 9.59 Å². The molecule has 1 rings (SSSR count). The van der Waals surface area contributed by atoms with Crippen LogP contribution in [-0.2, 0) is 9.59 Å². The fourth-order valence-electron chi connectivity index (χ4n) is 2.88. The fraction of sp³-hybridized carbons (Fsp3) is 0.875. The molecule has 0 unspecified atom stereocenters. The van der Waals surface area contributed by atoms with E-state index < -0.39 is 11.4 Å². The Morgan fingerprint density at radius 1 is 1.24 bits per heavy atom. The Hall–Kier alpha value is -1.10. The normalized spacial score (nSPS) is 18.0. The zero-order valence-corrected chi connectivity index (χ0v) is 13.7. The molecule has 1 aliphatic carbocycles. The second kappa shape index (κ2) is 8.37. The smallest absolute Gasteiger partial charge is 0.310 e. The van der Waals surface area contributed by atoms with E-state index in [2.05, 4.69) is 31.1 Å². The molecule has 1 aliphatic rings. The molecule has 0 radical (unpaired) electrons. The molecule has 0 heterocycles. The van der Waals surface area contributed by atoms with Crippen molar-refractivity contribution in [3.8, 4) is 0 Å². The standard InChI is InChI=1S/C16H30N2O3/c1-13(2)18(3)11-7-10-17-14(19)12-16(15(20)21)8-5-4-6-9-16/h13H,4-12H2,1-3H3,(H,17,19)(H,20,21). The van der Waals surface area contributed by atoms with Crippen molar-refractivity contribution in [2.75, 3.05) is 20.1 Å². The van der Waals surface area contributed by atoms with Gasteiger partial charge in [0.15, 0.2) is 0 Å². The van der Waals surface area contributed by atoms with Crippen molar-refractivity contribution in [1.29, 1.82) is 0 Å². The third-order valence-electron chi connectivity index (χ3n) is 4.65. The molecule has 0 aromatic heterocycles. The summed E-state index contributed by atoms with van der Waals surface area (Å²) in [6.45, 7) is 5.82. The predicted octanol–water partition coefficient (Wildman–Crippen LogP) is 2.26. The van der Waals surface area contributed by atoms with Crippen molar-refractivity contribution in [2.24, 2.45) is 5.41 Å². The number of rotatable bonds is 8. The van der Waals surface area contributed by atoms with Crippen LogP contribution in [0.1, 0.15) is 58.8 Å². The number of amides is 1. The van der Waals surface area contributed by atoms with Gasteiger partial charge in [0.05, 0.1) is 5.41 Å². The molecule has 1 saturated carbocycles. The average molecular weight is 298 g/mol. The van der Waals surface area contributed by atoms with Crippen molar-refractivity contribution >= 4 is 11.9 Å². The Morgan fingerprint density at radius 2 is 1.86 bits per heavy atom. The van der Waals surface area contributed by atoms with Crippen molar-refractivity contribution in [2.45, 2.75) is 64.8 Å². The van der Waals surface area contributed by atoms with Gasteiger partial charge < -0.3 is 15.3 Å². The SMILES string of the molecule is CC(C)N(C)CCCNC(=O)CC1(C(=O)O)CCCCC1. The zero-order valence-electron chi connectivity index (χ0n) is 13.7. The summed E-state index contributed by atoms with van der Waals surface area (Å²) in [6, 6.07) is 0.498. The maximum absolute atomic E-state index is 12.0. The molecule has 0 bridgehead atoms. The number of carbonyl (C=O) groups is 2. The van der Waals surface area contributed by atoms with Crippen LogP contribution in [0.3, 0.4) is 0 Å². The van der Waals surface area contributed by atoms with Crippen LogP contribution in [0, 0.1) is 5.41 Å². The molecular weight excluding hydrogens is 268 g/mol. The summed E-state index contributed by atoms with van der Waals surface area (Å²) < 4.78 is 0. The maximum Gasteiger partial charge on any atom is 0.310 e. The lowest BCUT2D eigenvalue weighted by molar-refractivity contribution is -0.154. The summed E-state index contributed by atoms with van der Waals surface area (Å²) >= 11 is 0. The minimum absolute atomic E-state index is 0.119. The van der Waals surface area contributed by atoms with Crippen LogP contribution >= 0.6 is 0 Å². The molecular formula is C16H30N2O3. The summed E-state index contributed by atoms with van der Waals surface area (Å²) in [5.41, 5.74) is -0.822. The van der Waals surface area contributed by atoms with E-state index in [0.29, 0.717) is 25.4 Å². The summed E-state index contributed by atoms with van der Waals surface area (Å²) in [6.07, 6.45) is 5.19. The highest BCUT2D eigenvalue weighted by Gasteiger charge is 2.41. The summed E-state index contributed by atoms with van der Waals surface area (Å²) in [5, 5.41) is 12.3. The lowest BCUT2D eigenvalue weighted by Crippen LogP contribution is -2.39. The van der Waals surface area contributed by atoms with Gasteiger partial charge in [-0.15, -0.1) is 0 Å². The number of carboxylic acids is 1. The van der Waals surface area contributed by atoms with Gasteiger partial charge in [-0.05, 0) is 46.7 Å². The summed E-state index contributed by atoms with van der Waals surface area (Å²) in [5.74, 6) is -0.927. The van der Waals surface area contributed by atoms with E-state index in [1.807, 2.05) is 0 Å². The highest BCUT2D eigenvalue weighted by Crippen LogP contribution is 2.39. The Balaban J connectivity index is 2.33. The molecule has 1 fully saturated rings. The highest BCUT2D eigenvalue weighted by molar-refractivity contribution is 5.85. The first-order valence-electron chi connectivity index (χ1n) is 8.08. The van der Waals surface area contributed by atoms with Crippen molar-refractivity contribution in [3.05, 3.63) is 0 Å². The van der Waals surface area contributed by atoms with Crippen LogP contribution in [0.25, 0.3) is 0 Å². The van der Waals surface area contributed by atoms with Gasteiger partial charge in [0.1, 0.15) is 0 Å². The maximum atomic E-state index is 12.0. The van der Waals surface area contributed by atoms with E-state index in [-0.39, 0.29) is 12.3 Å². The predicted molar refractivity (Wildman–Crippen MR) is 83.2 cm³/mol. The van der Waals surface area contributed by atoms with Crippen molar-refractivity contribution < 1.29 is 14.7 Å². The number of carboxylic acid groups (broad SMARTS) is 1. The number of hydrogen-bond donors (Lipinski definition) is 2. The molecule has 0 spiro atoms. The molecule has 0 aromatic carbocycles. The Labute approximate surface area is 128 Å². The van der Waals surface area contributed by atoms with Gasteiger partial charge in [0, 0.05) is 19.0 Å². The van der Waals surface area contributed by atoms with E-state index in [0.717, 1.165) is 32.2 Å². The van der Waals surface area contributed by atoms with E-state index >= 15 is 0 Å². The minimum atomic E-state index is -0.822. The van der Waals surface area contributed by atoms with Gasteiger partial charge in [-0.25, -0.2) is 0 Å². The second-order valence-corrected chi connectivity index (χ2v) is 6.60. The van der Waals surface area contributed by atoms with Crippen molar-refractivity contribution in [3.63, 3.8) is 0 Å². The molecule has 5 heteroatoms. The number of carbonyl (C=O) groups excluding carboxylic acids is 1. The van der Waals surface area contributed by atoms with E-state index in [9.17, 15) is 14.7 Å². The first-order valence-corrected chi connectivity index (χ1v) is 8.08. The number of nitrogens with zero attached hydrogens (tertiary/aromatic N) is 1.